The molecular formula is C18H20F3N3O3. The Bertz CT molecular complexity index is 800. The Morgan fingerprint density at radius 3 is 2.48 bits per heavy atom. The number of hydrogen-bond acceptors (Lipinski definition) is 3. The molecule has 0 unspecified atom stereocenters. The van der Waals surface area contributed by atoms with Gasteiger partial charge in [0, 0.05) is 19.2 Å². The van der Waals surface area contributed by atoms with E-state index in [2.05, 4.69) is 5.32 Å². The number of piperazine rings is 2. The van der Waals surface area contributed by atoms with Crippen LogP contribution in [0.4, 0.5) is 13.2 Å². The lowest BCUT2D eigenvalue weighted by Crippen LogP contribution is -2.69. The smallest absolute Gasteiger partial charge is 0.257 e. The lowest BCUT2D eigenvalue weighted by molar-refractivity contribution is -0.152. The van der Waals surface area contributed by atoms with E-state index < -0.39 is 41.0 Å². The maximum atomic E-state index is 13.9. The molecule has 0 bridgehead atoms. The van der Waals surface area contributed by atoms with E-state index in [-0.39, 0.29) is 37.4 Å². The van der Waals surface area contributed by atoms with Gasteiger partial charge in [0.15, 0.2) is 11.6 Å². The third kappa shape index (κ3) is 3.63. The van der Waals surface area contributed by atoms with Gasteiger partial charge in [-0.25, -0.2) is 13.2 Å². The van der Waals surface area contributed by atoms with Gasteiger partial charge in [0.2, 0.25) is 11.8 Å². The van der Waals surface area contributed by atoms with Crippen molar-refractivity contribution in [2.24, 2.45) is 5.92 Å². The molecule has 2 aliphatic rings. The molecule has 9 heteroatoms. The fourth-order valence-electron chi connectivity index (χ4n) is 3.47. The molecule has 2 aliphatic heterocycles. The monoisotopic (exact) mass is 383 g/mol. The van der Waals surface area contributed by atoms with Gasteiger partial charge in [-0.3, -0.25) is 14.4 Å². The number of amides is 3. The Morgan fingerprint density at radius 2 is 1.81 bits per heavy atom. The van der Waals surface area contributed by atoms with Gasteiger partial charge in [-0.1, -0.05) is 13.8 Å². The zero-order chi connectivity index (χ0) is 19.9. The Kier molecular flexibility index (Phi) is 5.12. The van der Waals surface area contributed by atoms with Crippen LogP contribution in [-0.4, -0.2) is 59.2 Å². The zero-order valence-corrected chi connectivity index (χ0v) is 15.0. The summed E-state index contributed by atoms with van der Waals surface area (Å²) in [7, 11) is 0. The molecule has 6 nitrogen and oxygen atoms in total. The molecule has 0 spiro atoms. The molecule has 2 atom stereocenters. The fraction of sp³-hybridized carbons (Fsp3) is 0.500. The molecule has 0 aromatic heterocycles. The van der Waals surface area contributed by atoms with Crippen LogP contribution in [0.1, 0.15) is 30.6 Å². The van der Waals surface area contributed by atoms with Crippen molar-refractivity contribution in [2.75, 3.05) is 19.6 Å². The molecule has 0 aliphatic carbocycles. The number of benzene rings is 1. The van der Waals surface area contributed by atoms with E-state index in [1.165, 1.54) is 9.80 Å². The van der Waals surface area contributed by atoms with Crippen molar-refractivity contribution < 1.29 is 27.6 Å². The first-order valence-electron chi connectivity index (χ1n) is 8.73. The number of halogens is 3. The second-order valence-electron chi connectivity index (χ2n) is 7.24. The molecule has 146 valence electrons. The fourth-order valence-corrected chi connectivity index (χ4v) is 3.47. The molecule has 0 saturated carbocycles. The topological polar surface area (TPSA) is 69.7 Å². The maximum absolute atomic E-state index is 13.9. The van der Waals surface area contributed by atoms with Crippen LogP contribution in [-0.2, 0) is 9.59 Å². The summed E-state index contributed by atoms with van der Waals surface area (Å²) >= 11 is 0. The van der Waals surface area contributed by atoms with Gasteiger partial charge in [-0.15, -0.1) is 0 Å². The summed E-state index contributed by atoms with van der Waals surface area (Å²) < 4.78 is 40.3. The number of rotatable bonds is 3. The molecule has 2 fully saturated rings. The average molecular weight is 383 g/mol. The van der Waals surface area contributed by atoms with Crippen molar-refractivity contribution in [3.05, 3.63) is 35.1 Å². The SMILES string of the molecule is CC(C)C[C@H]1NC(=O)[C@H]2CN(C(=O)c3cc(F)c(F)cc3F)CCN2C1=O. The highest BCUT2D eigenvalue weighted by Crippen LogP contribution is 2.22. The van der Waals surface area contributed by atoms with Gasteiger partial charge >= 0.3 is 0 Å². The highest BCUT2D eigenvalue weighted by atomic mass is 19.2. The molecule has 3 rings (SSSR count). The van der Waals surface area contributed by atoms with Crippen molar-refractivity contribution in [2.45, 2.75) is 32.4 Å². The third-order valence-electron chi connectivity index (χ3n) is 4.82. The average Bonchev–Trinajstić information content (AvgIpc) is 2.61. The number of fused-ring (bicyclic) bond motifs is 1. The summed E-state index contributed by atoms with van der Waals surface area (Å²) in [5.74, 6) is -5.13. The van der Waals surface area contributed by atoms with E-state index >= 15 is 0 Å². The number of nitrogens with zero attached hydrogens (tertiary/aromatic N) is 2. The number of carbonyl (C=O) groups excluding carboxylic acids is 3. The van der Waals surface area contributed by atoms with Crippen LogP contribution >= 0.6 is 0 Å². The zero-order valence-electron chi connectivity index (χ0n) is 15.0. The van der Waals surface area contributed by atoms with Crippen LogP contribution < -0.4 is 5.32 Å². The highest BCUT2D eigenvalue weighted by Gasteiger charge is 2.44. The summed E-state index contributed by atoms with van der Waals surface area (Å²) in [4.78, 5) is 40.1. The van der Waals surface area contributed by atoms with Crippen molar-refractivity contribution >= 4 is 17.7 Å². The van der Waals surface area contributed by atoms with Crippen molar-refractivity contribution in [1.82, 2.24) is 15.1 Å². The normalized spacial score (nSPS) is 22.7. The minimum atomic E-state index is -1.39. The predicted molar refractivity (Wildman–Crippen MR) is 89.1 cm³/mol. The lowest BCUT2D eigenvalue weighted by atomic mass is 9.97. The van der Waals surface area contributed by atoms with Crippen molar-refractivity contribution in [1.29, 1.82) is 0 Å². The van der Waals surface area contributed by atoms with Crippen LogP contribution in [0.5, 0.6) is 0 Å². The minimum Gasteiger partial charge on any atom is -0.342 e. The van der Waals surface area contributed by atoms with E-state index in [1.807, 2.05) is 13.8 Å². The summed E-state index contributed by atoms with van der Waals surface area (Å²) in [6.07, 6.45) is 0.510. The van der Waals surface area contributed by atoms with Gasteiger partial charge in [-0.2, -0.15) is 0 Å². The standard InChI is InChI=1S/C18H20F3N3O3/c1-9(2)5-14-18(27)24-4-3-23(8-15(24)16(25)22-14)17(26)10-6-12(20)13(21)7-11(10)19/h6-7,9,14-15H,3-5,8H2,1-2H3,(H,22,25)/t14-,15-/m1/s1. The van der Waals surface area contributed by atoms with Gasteiger partial charge < -0.3 is 15.1 Å². The van der Waals surface area contributed by atoms with Crippen LogP contribution in [0.3, 0.4) is 0 Å². The first-order chi connectivity index (χ1) is 12.7. The van der Waals surface area contributed by atoms with Crippen molar-refractivity contribution in [3.63, 3.8) is 0 Å². The Balaban J connectivity index is 1.77. The van der Waals surface area contributed by atoms with Gasteiger partial charge in [0.05, 0.1) is 12.1 Å². The number of hydrogen-bond donors (Lipinski definition) is 1. The van der Waals surface area contributed by atoms with E-state index in [0.717, 1.165) is 0 Å². The minimum absolute atomic E-state index is 0.0706. The van der Waals surface area contributed by atoms with Crippen LogP contribution in [0, 0.1) is 23.4 Å². The number of carbonyl (C=O) groups is 3. The highest BCUT2D eigenvalue weighted by molar-refractivity contribution is 5.99. The summed E-state index contributed by atoms with van der Waals surface area (Å²) in [5.41, 5.74) is -0.609. The second-order valence-corrected chi connectivity index (χ2v) is 7.24. The first kappa shape index (κ1) is 19.2. The number of nitrogens with one attached hydrogen (secondary N) is 1. The maximum Gasteiger partial charge on any atom is 0.257 e. The Morgan fingerprint density at radius 1 is 1.15 bits per heavy atom. The molecule has 3 amide bonds. The molecule has 1 aromatic rings. The molecular weight excluding hydrogens is 363 g/mol. The van der Waals surface area contributed by atoms with Crippen molar-refractivity contribution in [3.8, 4) is 0 Å². The van der Waals surface area contributed by atoms with Crippen LogP contribution in [0.15, 0.2) is 12.1 Å². The van der Waals surface area contributed by atoms with Gasteiger partial charge in [0.25, 0.3) is 5.91 Å². The second kappa shape index (κ2) is 7.21. The lowest BCUT2D eigenvalue weighted by Gasteiger charge is -2.45. The summed E-state index contributed by atoms with van der Waals surface area (Å²) in [5, 5.41) is 2.67. The van der Waals surface area contributed by atoms with E-state index in [9.17, 15) is 27.6 Å². The van der Waals surface area contributed by atoms with Gasteiger partial charge in [0.1, 0.15) is 17.9 Å². The molecule has 2 saturated heterocycles. The molecule has 2 heterocycles. The molecule has 1 N–H and O–H groups in total. The predicted octanol–water partition coefficient (Wildman–Crippen LogP) is 1.30. The Hall–Kier alpha value is -2.58. The van der Waals surface area contributed by atoms with Crippen LogP contribution in [0.2, 0.25) is 0 Å². The van der Waals surface area contributed by atoms with Gasteiger partial charge in [-0.05, 0) is 18.4 Å². The summed E-state index contributed by atoms with van der Waals surface area (Å²) in [6.45, 7) is 3.93. The summed E-state index contributed by atoms with van der Waals surface area (Å²) in [6, 6.07) is -0.664. The van der Waals surface area contributed by atoms with Crippen LogP contribution in [0.25, 0.3) is 0 Å². The molecule has 0 radical (unpaired) electrons. The molecule has 1 aromatic carbocycles. The molecule has 27 heavy (non-hydrogen) atoms. The first-order valence-corrected chi connectivity index (χ1v) is 8.73. The van der Waals surface area contributed by atoms with E-state index in [0.29, 0.717) is 18.6 Å². The van der Waals surface area contributed by atoms with E-state index in [4.69, 9.17) is 0 Å². The Labute approximate surface area is 154 Å². The third-order valence-corrected chi connectivity index (χ3v) is 4.82. The van der Waals surface area contributed by atoms with E-state index in [1.54, 1.807) is 0 Å². The largest absolute Gasteiger partial charge is 0.342 e. The quantitative estimate of drug-likeness (QED) is 0.800.